The van der Waals surface area contributed by atoms with Crippen LogP contribution in [0.25, 0.3) is 0 Å². The molecular formula is C11H19N5O2. The fourth-order valence-corrected chi connectivity index (χ4v) is 1.88. The van der Waals surface area contributed by atoms with Gasteiger partial charge < -0.3 is 20.1 Å². The van der Waals surface area contributed by atoms with E-state index in [-0.39, 0.29) is 6.10 Å². The van der Waals surface area contributed by atoms with E-state index < -0.39 is 0 Å². The minimum absolute atomic E-state index is 0.210. The molecule has 0 amide bonds. The van der Waals surface area contributed by atoms with E-state index in [1.807, 2.05) is 11.8 Å². The summed E-state index contributed by atoms with van der Waals surface area (Å²) in [5.74, 6) is 1.12. The average molecular weight is 253 g/mol. The summed E-state index contributed by atoms with van der Waals surface area (Å²) >= 11 is 0. The number of anilines is 2. The second-order valence-corrected chi connectivity index (χ2v) is 4.19. The van der Waals surface area contributed by atoms with E-state index in [9.17, 15) is 5.11 Å². The highest BCUT2D eigenvalue weighted by Gasteiger charge is 2.20. The summed E-state index contributed by atoms with van der Waals surface area (Å²) < 4.78 is 5.08. The van der Waals surface area contributed by atoms with Gasteiger partial charge in [0.1, 0.15) is 0 Å². The molecule has 0 radical (unpaired) electrons. The van der Waals surface area contributed by atoms with Crippen LogP contribution in [0.1, 0.15) is 19.8 Å². The van der Waals surface area contributed by atoms with Gasteiger partial charge >= 0.3 is 6.01 Å². The zero-order valence-electron chi connectivity index (χ0n) is 10.8. The molecule has 2 heterocycles. The van der Waals surface area contributed by atoms with Gasteiger partial charge in [-0.25, -0.2) is 0 Å². The predicted octanol–water partition coefficient (Wildman–Crippen LogP) is 0.273. The van der Waals surface area contributed by atoms with Gasteiger partial charge in [-0.1, -0.05) is 0 Å². The Labute approximate surface area is 106 Å². The van der Waals surface area contributed by atoms with Crippen LogP contribution < -0.4 is 15.0 Å². The third-order valence-corrected chi connectivity index (χ3v) is 2.87. The van der Waals surface area contributed by atoms with Gasteiger partial charge in [0.05, 0.1) is 13.2 Å². The smallest absolute Gasteiger partial charge is 0.322 e. The number of methoxy groups -OCH3 is 1. The summed E-state index contributed by atoms with van der Waals surface area (Å²) in [6, 6.07) is 0.307. The van der Waals surface area contributed by atoms with Gasteiger partial charge in [0, 0.05) is 19.6 Å². The standard InChI is InChI=1S/C11H19N5O2/c1-3-12-9-13-10(15-11(14-9)18-2)16-6-4-8(17)5-7-16/h8,17H,3-7H2,1-2H3,(H,12,13,14,15). The van der Waals surface area contributed by atoms with Crippen LogP contribution in [0.4, 0.5) is 11.9 Å². The number of piperidine rings is 1. The molecule has 1 fully saturated rings. The molecule has 0 atom stereocenters. The molecule has 7 heteroatoms. The van der Waals surface area contributed by atoms with Crippen LogP contribution in [-0.4, -0.2) is 52.9 Å². The first-order valence-corrected chi connectivity index (χ1v) is 6.20. The van der Waals surface area contributed by atoms with E-state index in [4.69, 9.17) is 4.74 Å². The highest BCUT2D eigenvalue weighted by atomic mass is 16.5. The third-order valence-electron chi connectivity index (χ3n) is 2.87. The minimum atomic E-state index is -0.210. The zero-order chi connectivity index (χ0) is 13.0. The number of nitrogens with zero attached hydrogens (tertiary/aromatic N) is 4. The first-order chi connectivity index (χ1) is 8.72. The molecule has 2 N–H and O–H groups in total. The predicted molar refractivity (Wildman–Crippen MR) is 68.0 cm³/mol. The lowest BCUT2D eigenvalue weighted by atomic mass is 10.1. The highest BCUT2D eigenvalue weighted by Crippen LogP contribution is 2.19. The molecule has 1 saturated heterocycles. The quantitative estimate of drug-likeness (QED) is 0.797. The van der Waals surface area contributed by atoms with E-state index in [0.29, 0.717) is 17.9 Å². The summed E-state index contributed by atoms with van der Waals surface area (Å²) in [4.78, 5) is 14.8. The van der Waals surface area contributed by atoms with Crippen molar-refractivity contribution in [3.05, 3.63) is 0 Å². The SMILES string of the molecule is CCNc1nc(OC)nc(N2CCC(O)CC2)n1. The Balaban J connectivity index is 2.17. The van der Waals surface area contributed by atoms with Crippen LogP contribution in [0.15, 0.2) is 0 Å². The van der Waals surface area contributed by atoms with Gasteiger partial charge in [-0.15, -0.1) is 0 Å². The first-order valence-electron chi connectivity index (χ1n) is 6.20. The largest absolute Gasteiger partial charge is 0.467 e. The fourth-order valence-electron chi connectivity index (χ4n) is 1.88. The Morgan fingerprint density at radius 2 is 2.06 bits per heavy atom. The number of nitrogens with one attached hydrogen (secondary N) is 1. The van der Waals surface area contributed by atoms with Crippen molar-refractivity contribution in [1.29, 1.82) is 0 Å². The van der Waals surface area contributed by atoms with Crippen LogP contribution in [0.5, 0.6) is 6.01 Å². The molecule has 1 aromatic heterocycles. The molecule has 0 unspecified atom stereocenters. The summed E-state index contributed by atoms with van der Waals surface area (Å²) in [5.41, 5.74) is 0. The van der Waals surface area contributed by atoms with Crippen LogP contribution in [0.2, 0.25) is 0 Å². The number of hydrogen-bond acceptors (Lipinski definition) is 7. The Bertz CT molecular complexity index is 393. The second kappa shape index (κ2) is 5.81. The Morgan fingerprint density at radius 1 is 1.33 bits per heavy atom. The highest BCUT2D eigenvalue weighted by molar-refractivity contribution is 5.38. The van der Waals surface area contributed by atoms with Gasteiger partial charge in [-0.2, -0.15) is 15.0 Å². The molecule has 1 aromatic rings. The van der Waals surface area contributed by atoms with Crippen molar-refractivity contribution in [2.45, 2.75) is 25.9 Å². The van der Waals surface area contributed by atoms with Crippen molar-refractivity contribution >= 4 is 11.9 Å². The molecule has 18 heavy (non-hydrogen) atoms. The fraction of sp³-hybridized carbons (Fsp3) is 0.727. The number of aliphatic hydroxyl groups excluding tert-OH is 1. The van der Waals surface area contributed by atoms with E-state index >= 15 is 0 Å². The summed E-state index contributed by atoms with van der Waals surface area (Å²) in [7, 11) is 1.54. The van der Waals surface area contributed by atoms with Gasteiger partial charge in [-0.05, 0) is 19.8 Å². The number of hydrogen-bond donors (Lipinski definition) is 2. The molecule has 1 aliphatic heterocycles. The molecule has 0 spiro atoms. The number of rotatable bonds is 4. The van der Waals surface area contributed by atoms with Gasteiger partial charge in [0.2, 0.25) is 11.9 Å². The molecule has 2 rings (SSSR count). The van der Waals surface area contributed by atoms with Gasteiger partial charge in [-0.3, -0.25) is 0 Å². The number of ether oxygens (including phenoxy) is 1. The maximum absolute atomic E-state index is 9.50. The molecule has 7 nitrogen and oxygen atoms in total. The summed E-state index contributed by atoms with van der Waals surface area (Å²) in [6.07, 6.45) is 1.27. The summed E-state index contributed by atoms with van der Waals surface area (Å²) in [5, 5.41) is 12.5. The Hall–Kier alpha value is -1.63. The minimum Gasteiger partial charge on any atom is -0.467 e. The van der Waals surface area contributed by atoms with Gasteiger partial charge in [0.15, 0.2) is 0 Å². The topological polar surface area (TPSA) is 83.4 Å². The maximum atomic E-state index is 9.50. The van der Waals surface area contributed by atoms with Crippen molar-refractivity contribution in [3.8, 4) is 6.01 Å². The van der Waals surface area contributed by atoms with Gasteiger partial charge in [0.25, 0.3) is 0 Å². The third kappa shape index (κ3) is 2.98. The average Bonchev–Trinajstić information content (AvgIpc) is 2.39. The van der Waals surface area contributed by atoms with Crippen LogP contribution in [0.3, 0.4) is 0 Å². The number of aliphatic hydroxyl groups is 1. The van der Waals surface area contributed by atoms with Crippen LogP contribution >= 0.6 is 0 Å². The monoisotopic (exact) mass is 253 g/mol. The molecular weight excluding hydrogens is 234 g/mol. The van der Waals surface area contributed by atoms with E-state index in [2.05, 4.69) is 20.3 Å². The van der Waals surface area contributed by atoms with Crippen LogP contribution in [0, 0.1) is 0 Å². The van der Waals surface area contributed by atoms with E-state index in [1.165, 1.54) is 7.11 Å². The van der Waals surface area contributed by atoms with Crippen molar-refractivity contribution < 1.29 is 9.84 Å². The maximum Gasteiger partial charge on any atom is 0.322 e. The Kier molecular flexibility index (Phi) is 4.14. The van der Waals surface area contributed by atoms with Crippen molar-refractivity contribution in [2.24, 2.45) is 0 Å². The van der Waals surface area contributed by atoms with Crippen LogP contribution in [-0.2, 0) is 0 Å². The van der Waals surface area contributed by atoms with Crippen molar-refractivity contribution in [3.63, 3.8) is 0 Å². The van der Waals surface area contributed by atoms with E-state index in [1.54, 1.807) is 0 Å². The molecule has 0 bridgehead atoms. The lowest BCUT2D eigenvalue weighted by molar-refractivity contribution is 0.145. The number of aromatic nitrogens is 3. The summed E-state index contributed by atoms with van der Waals surface area (Å²) in [6.45, 7) is 4.22. The van der Waals surface area contributed by atoms with E-state index in [0.717, 1.165) is 32.5 Å². The lowest BCUT2D eigenvalue weighted by Crippen LogP contribution is -2.37. The normalized spacial score (nSPS) is 16.7. The molecule has 0 aromatic carbocycles. The molecule has 100 valence electrons. The molecule has 0 aliphatic carbocycles. The second-order valence-electron chi connectivity index (χ2n) is 4.19. The molecule has 0 saturated carbocycles. The molecule has 1 aliphatic rings. The van der Waals surface area contributed by atoms with Crippen molar-refractivity contribution in [1.82, 2.24) is 15.0 Å². The lowest BCUT2D eigenvalue weighted by Gasteiger charge is -2.29. The zero-order valence-corrected chi connectivity index (χ0v) is 10.8. The first kappa shape index (κ1) is 12.8. The Morgan fingerprint density at radius 3 is 2.67 bits per heavy atom. The van der Waals surface area contributed by atoms with Crippen molar-refractivity contribution in [2.75, 3.05) is 37.0 Å².